The first-order chi connectivity index (χ1) is 8.48. The molecule has 3 nitrogen and oxygen atoms in total. The van der Waals surface area contributed by atoms with Gasteiger partial charge in [0.15, 0.2) is 0 Å². The molecule has 2 unspecified atom stereocenters. The molecule has 2 atom stereocenters. The van der Waals surface area contributed by atoms with Gasteiger partial charge in [0.1, 0.15) is 0 Å². The second kappa shape index (κ2) is 4.32. The first-order valence-electron chi connectivity index (χ1n) is 6.26. The highest BCUT2D eigenvalue weighted by molar-refractivity contribution is 9.10. The van der Waals surface area contributed by atoms with Gasteiger partial charge in [-0.15, -0.1) is 0 Å². The molecule has 1 aromatic rings. The van der Waals surface area contributed by atoms with Crippen LogP contribution in [0.2, 0.25) is 0 Å². The standard InChI is InChI=1S/C13H16BrNO2S/c1-9-6-12(4-5-13(9)14)18(16,17)15-8-10-2-3-11(15)7-10/h4-6,10-11H,2-3,7-8H2,1H3. The lowest BCUT2D eigenvalue weighted by Gasteiger charge is -2.26. The van der Waals surface area contributed by atoms with Crippen LogP contribution in [0.3, 0.4) is 0 Å². The van der Waals surface area contributed by atoms with E-state index in [-0.39, 0.29) is 6.04 Å². The fraction of sp³-hybridized carbons (Fsp3) is 0.538. The molecule has 0 amide bonds. The van der Waals surface area contributed by atoms with Crippen LogP contribution in [0.15, 0.2) is 27.6 Å². The molecule has 2 aliphatic rings. The summed E-state index contributed by atoms with van der Waals surface area (Å²) >= 11 is 3.40. The Bertz CT molecular complexity index is 585. The Morgan fingerprint density at radius 3 is 2.67 bits per heavy atom. The summed E-state index contributed by atoms with van der Waals surface area (Å²) in [6, 6.07) is 5.50. The lowest BCUT2D eigenvalue weighted by atomic mass is 10.1. The Hall–Kier alpha value is -0.390. The molecule has 1 saturated heterocycles. The van der Waals surface area contributed by atoms with Gasteiger partial charge < -0.3 is 0 Å². The zero-order valence-corrected chi connectivity index (χ0v) is 12.7. The summed E-state index contributed by atoms with van der Waals surface area (Å²) in [4.78, 5) is 0.427. The lowest BCUT2D eigenvalue weighted by Crippen LogP contribution is -2.37. The molecule has 2 fully saturated rings. The van der Waals surface area contributed by atoms with E-state index in [2.05, 4.69) is 15.9 Å². The van der Waals surface area contributed by atoms with Crippen LogP contribution in [0.4, 0.5) is 0 Å². The molecule has 1 aliphatic heterocycles. The Labute approximate surface area is 116 Å². The van der Waals surface area contributed by atoms with Gasteiger partial charge in [0.05, 0.1) is 4.90 Å². The molecule has 1 heterocycles. The maximum atomic E-state index is 12.6. The van der Waals surface area contributed by atoms with E-state index < -0.39 is 10.0 Å². The van der Waals surface area contributed by atoms with E-state index in [0.29, 0.717) is 17.4 Å². The van der Waals surface area contributed by atoms with Crippen LogP contribution in [0.5, 0.6) is 0 Å². The van der Waals surface area contributed by atoms with Crippen LogP contribution >= 0.6 is 15.9 Å². The van der Waals surface area contributed by atoms with Crippen LogP contribution < -0.4 is 0 Å². The monoisotopic (exact) mass is 329 g/mol. The summed E-state index contributed by atoms with van der Waals surface area (Å²) in [7, 11) is -3.30. The zero-order valence-electron chi connectivity index (χ0n) is 10.3. The van der Waals surface area contributed by atoms with E-state index in [1.807, 2.05) is 13.0 Å². The van der Waals surface area contributed by atoms with Crippen molar-refractivity contribution in [3.8, 4) is 0 Å². The molecule has 98 valence electrons. The van der Waals surface area contributed by atoms with E-state index >= 15 is 0 Å². The summed E-state index contributed by atoms with van der Waals surface area (Å²) in [6.45, 7) is 2.63. The van der Waals surface area contributed by atoms with Gasteiger partial charge in [-0.05, 0) is 55.9 Å². The topological polar surface area (TPSA) is 37.4 Å². The highest BCUT2D eigenvalue weighted by Crippen LogP contribution is 2.40. The van der Waals surface area contributed by atoms with Gasteiger partial charge in [-0.1, -0.05) is 15.9 Å². The largest absolute Gasteiger partial charge is 0.243 e. The van der Waals surface area contributed by atoms with Crippen molar-refractivity contribution in [2.45, 2.75) is 37.1 Å². The van der Waals surface area contributed by atoms with Gasteiger partial charge in [-0.25, -0.2) is 8.42 Å². The molecule has 0 spiro atoms. The molecule has 3 rings (SSSR count). The molecule has 1 aliphatic carbocycles. The number of aryl methyl sites for hydroxylation is 1. The van der Waals surface area contributed by atoms with Crippen molar-refractivity contribution in [1.82, 2.24) is 4.31 Å². The number of hydrogen-bond acceptors (Lipinski definition) is 2. The van der Waals surface area contributed by atoms with E-state index in [1.54, 1.807) is 16.4 Å². The first-order valence-corrected chi connectivity index (χ1v) is 8.50. The lowest BCUT2D eigenvalue weighted by molar-refractivity contribution is 0.333. The van der Waals surface area contributed by atoms with E-state index in [4.69, 9.17) is 0 Å². The van der Waals surface area contributed by atoms with Crippen LogP contribution in [-0.2, 0) is 10.0 Å². The van der Waals surface area contributed by atoms with Crippen LogP contribution in [0.25, 0.3) is 0 Å². The Morgan fingerprint density at radius 1 is 1.33 bits per heavy atom. The number of sulfonamides is 1. The third-order valence-electron chi connectivity index (χ3n) is 4.09. The molecule has 1 aromatic carbocycles. The molecular weight excluding hydrogens is 314 g/mol. The summed E-state index contributed by atoms with van der Waals surface area (Å²) in [5, 5.41) is 0. The molecule has 0 N–H and O–H groups in total. The van der Waals surface area contributed by atoms with Crippen molar-refractivity contribution >= 4 is 26.0 Å². The van der Waals surface area contributed by atoms with E-state index in [1.165, 1.54) is 6.42 Å². The zero-order chi connectivity index (χ0) is 12.9. The van der Waals surface area contributed by atoms with Crippen LogP contribution in [0.1, 0.15) is 24.8 Å². The molecule has 18 heavy (non-hydrogen) atoms. The number of hydrogen-bond donors (Lipinski definition) is 0. The van der Waals surface area contributed by atoms with E-state index in [9.17, 15) is 8.42 Å². The molecule has 0 radical (unpaired) electrons. The number of rotatable bonds is 2. The summed E-state index contributed by atoms with van der Waals surface area (Å²) in [6.07, 6.45) is 3.27. The van der Waals surface area contributed by atoms with Crippen LogP contribution in [-0.4, -0.2) is 25.3 Å². The number of benzene rings is 1. The van der Waals surface area contributed by atoms with Crippen molar-refractivity contribution < 1.29 is 8.42 Å². The molecule has 0 aromatic heterocycles. The Kier molecular flexibility index (Phi) is 3.03. The smallest absolute Gasteiger partial charge is 0.207 e. The first kappa shape index (κ1) is 12.6. The quantitative estimate of drug-likeness (QED) is 0.836. The fourth-order valence-corrected chi connectivity index (χ4v) is 5.16. The molecule has 2 bridgehead atoms. The summed E-state index contributed by atoms with van der Waals surface area (Å²) < 4.78 is 27.9. The second-order valence-corrected chi connectivity index (χ2v) is 8.06. The highest BCUT2D eigenvalue weighted by atomic mass is 79.9. The average Bonchev–Trinajstić information content (AvgIpc) is 2.94. The van der Waals surface area contributed by atoms with Gasteiger partial charge in [0, 0.05) is 17.1 Å². The van der Waals surface area contributed by atoms with Crippen LogP contribution in [0, 0.1) is 12.8 Å². The predicted octanol–water partition coefficient (Wildman–Crippen LogP) is 2.93. The van der Waals surface area contributed by atoms with Crippen molar-refractivity contribution in [1.29, 1.82) is 0 Å². The highest BCUT2D eigenvalue weighted by Gasteiger charge is 2.44. The third kappa shape index (κ3) is 1.92. The van der Waals surface area contributed by atoms with Gasteiger partial charge in [-0.3, -0.25) is 0 Å². The average molecular weight is 330 g/mol. The second-order valence-electron chi connectivity index (χ2n) is 5.32. The maximum absolute atomic E-state index is 12.6. The van der Waals surface area contributed by atoms with Gasteiger partial charge in [0.2, 0.25) is 10.0 Å². The van der Waals surface area contributed by atoms with Crippen molar-refractivity contribution in [2.24, 2.45) is 5.92 Å². The Morgan fingerprint density at radius 2 is 2.11 bits per heavy atom. The van der Waals surface area contributed by atoms with Gasteiger partial charge >= 0.3 is 0 Å². The summed E-state index contributed by atoms with van der Waals surface area (Å²) in [5.74, 6) is 0.585. The van der Waals surface area contributed by atoms with Gasteiger partial charge in [0.25, 0.3) is 0 Å². The maximum Gasteiger partial charge on any atom is 0.243 e. The third-order valence-corrected chi connectivity index (χ3v) is 6.90. The van der Waals surface area contributed by atoms with Gasteiger partial charge in [-0.2, -0.15) is 4.31 Å². The number of nitrogens with zero attached hydrogens (tertiary/aromatic N) is 1. The molecule has 1 saturated carbocycles. The molecular formula is C13H16BrNO2S. The predicted molar refractivity (Wildman–Crippen MR) is 73.9 cm³/mol. The van der Waals surface area contributed by atoms with E-state index in [0.717, 1.165) is 22.9 Å². The Balaban J connectivity index is 1.97. The minimum Gasteiger partial charge on any atom is -0.207 e. The molecule has 5 heteroatoms. The summed E-state index contributed by atoms with van der Waals surface area (Å²) in [5.41, 5.74) is 0.959. The number of halogens is 1. The minimum atomic E-state index is -3.30. The minimum absolute atomic E-state index is 0.240. The van der Waals surface area contributed by atoms with Crippen molar-refractivity contribution in [2.75, 3.05) is 6.54 Å². The van der Waals surface area contributed by atoms with Crippen molar-refractivity contribution in [3.05, 3.63) is 28.2 Å². The fourth-order valence-electron chi connectivity index (χ4n) is 3.09. The number of fused-ring (bicyclic) bond motifs is 2. The SMILES string of the molecule is Cc1cc(S(=O)(=O)N2CC3CCC2C3)ccc1Br. The van der Waals surface area contributed by atoms with Crippen molar-refractivity contribution in [3.63, 3.8) is 0 Å². The number of piperidine rings is 1. The normalized spacial score (nSPS) is 27.9.